The molecule has 1 aliphatic heterocycles. The van der Waals surface area contributed by atoms with Crippen LogP contribution in [0.1, 0.15) is 47.9 Å². The molecule has 2 aliphatic carbocycles. The van der Waals surface area contributed by atoms with Gasteiger partial charge in [0.05, 0.1) is 32.3 Å². The number of hydrogen-bond acceptors (Lipinski definition) is 8. The highest BCUT2D eigenvalue weighted by Gasteiger charge is 2.58. The molecule has 7 rings (SSSR count). The number of nitrogens with one attached hydrogen (secondary N) is 1. The Bertz CT molecular complexity index is 1980. The molecule has 6 atom stereocenters. The smallest absolute Gasteiger partial charge is 0.410 e. The molecule has 0 spiro atoms. The van der Waals surface area contributed by atoms with E-state index in [1.54, 1.807) is 48.2 Å². The van der Waals surface area contributed by atoms with Crippen LogP contribution in [0.4, 0.5) is 9.18 Å². The van der Waals surface area contributed by atoms with Gasteiger partial charge in [-0.15, -0.1) is 0 Å². The molecule has 4 aromatic carbocycles. The van der Waals surface area contributed by atoms with Crippen molar-refractivity contribution < 1.29 is 42.5 Å². The molecule has 10 nitrogen and oxygen atoms in total. The van der Waals surface area contributed by atoms with Gasteiger partial charge in [0.25, 0.3) is 0 Å². The second kappa shape index (κ2) is 15.9. The minimum absolute atomic E-state index is 0.0114. The highest BCUT2D eigenvalue weighted by atomic mass is 19.1. The van der Waals surface area contributed by atoms with Crippen LogP contribution in [0.3, 0.4) is 0 Å². The lowest BCUT2D eigenvalue weighted by atomic mass is 9.93. The van der Waals surface area contributed by atoms with E-state index < -0.39 is 47.9 Å². The quantitative estimate of drug-likeness (QED) is 0.143. The van der Waals surface area contributed by atoms with E-state index in [1.165, 1.54) is 27.4 Å². The van der Waals surface area contributed by atoms with Crippen molar-refractivity contribution in [1.29, 1.82) is 0 Å². The van der Waals surface area contributed by atoms with Crippen LogP contribution in [-0.2, 0) is 36.8 Å². The first-order chi connectivity index (χ1) is 26.2. The van der Waals surface area contributed by atoms with E-state index in [9.17, 15) is 18.8 Å². The lowest BCUT2D eigenvalue weighted by Gasteiger charge is -2.35. The van der Waals surface area contributed by atoms with Crippen molar-refractivity contribution in [3.8, 4) is 22.6 Å². The molecule has 3 unspecified atom stereocenters. The molecule has 2 fully saturated rings. The number of carbonyl (C=O) groups excluding carboxylic acids is 3. The fourth-order valence-corrected chi connectivity index (χ4v) is 8.17. The van der Waals surface area contributed by atoms with Gasteiger partial charge >= 0.3 is 12.1 Å². The van der Waals surface area contributed by atoms with Crippen molar-refractivity contribution in [3.05, 3.63) is 119 Å². The first kappa shape index (κ1) is 36.9. The Kier molecular flexibility index (Phi) is 10.9. The number of amides is 2. The number of ether oxygens (including phenoxy) is 5. The second-order valence-electron chi connectivity index (χ2n) is 14.2. The van der Waals surface area contributed by atoms with Crippen molar-refractivity contribution in [1.82, 2.24) is 10.2 Å². The average Bonchev–Trinajstić information content (AvgIpc) is 3.74. The van der Waals surface area contributed by atoms with Gasteiger partial charge in [0, 0.05) is 37.1 Å². The number of halogens is 1. The molecule has 1 N–H and O–H groups in total. The fraction of sp³-hybridized carbons (Fsp3) is 0.372. The van der Waals surface area contributed by atoms with Crippen molar-refractivity contribution in [2.24, 2.45) is 11.8 Å². The Morgan fingerprint density at radius 1 is 0.833 bits per heavy atom. The monoisotopic (exact) mass is 736 g/mol. The van der Waals surface area contributed by atoms with Gasteiger partial charge in [0.2, 0.25) is 5.91 Å². The topological polar surface area (TPSA) is 113 Å². The first-order valence-electron chi connectivity index (χ1n) is 18.3. The number of methoxy groups -OCH3 is 3. The highest BCUT2D eigenvalue weighted by Crippen LogP contribution is 2.50. The molecule has 1 saturated carbocycles. The summed E-state index contributed by atoms with van der Waals surface area (Å²) in [5, 5.41) is 2.82. The maximum Gasteiger partial charge on any atom is 0.410 e. The normalized spacial score (nSPS) is 19.8. The molecular weight excluding hydrogens is 691 g/mol. The zero-order chi connectivity index (χ0) is 37.9. The first-order valence-corrected chi connectivity index (χ1v) is 18.3. The molecule has 1 saturated heterocycles. The number of likely N-dealkylation sites (tertiary alicyclic amines) is 1. The summed E-state index contributed by atoms with van der Waals surface area (Å²) in [4.78, 5) is 43.2. The summed E-state index contributed by atoms with van der Waals surface area (Å²) in [6.45, 7) is 1.74. The number of carbonyl (C=O) groups is 3. The van der Waals surface area contributed by atoms with Crippen LogP contribution < -0.4 is 14.8 Å². The summed E-state index contributed by atoms with van der Waals surface area (Å²) >= 11 is 0. The Balaban J connectivity index is 1.04. The molecule has 54 heavy (non-hydrogen) atoms. The number of piperidine rings is 1. The second-order valence-corrected chi connectivity index (χ2v) is 14.2. The molecule has 3 aliphatic rings. The maximum atomic E-state index is 14.8. The Labute approximate surface area is 314 Å². The molecule has 0 bridgehead atoms. The summed E-state index contributed by atoms with van der Waals surface area (Å²) in [6, 6.07) is 25.9. The zero-order valence-corrected chi connectivity index (χ0v) is 30.8. The number of rotatable bonds is 14. The van der Waals surface area contributed by atoms with Crippen LogP contribution in [0.2, 0.25) is 0 Å². The predicted octanol–water partition coefficient (Wildman–Crippen LogP) is 6.68. The van der Waals surface area contributed by atoms with Crippen molar-refractivity contribution >= 4 is 18.0 Å². The molecule has 4 aromatic rings. The molecule has 2 amide bonds. The number of esters is 1. The van der Waals surface area contributed by atoms with Gasteiger partial charge in [-0.3, -0.25) is 9.69 Å². The Morgan fingerprint density at radius 3 is 2.19 bits per heavy atom. The minimum Gasteiger partial charge on any atom is -0.497 e. The Morgan fingerprint density at radius 2 is 1.52 bits per heavy atom. The number of benzene rings is 4. The van der Waals surface area contributed by atoms with Gasteiger partial charge in [-0.2, -0.15) is 0 Å². The third-order valence-corrected chi connectivity index (χ3v) is 11.1. The fourth-order valence-electron chi connectivity index (χ4n) is 8.17. The zero-order valence-electron chi connectivity index (χ0n) is 30.8. The van der Waals surface area contributed by atoms with E-state index in [-0.39, 0.29) is 37.2 Å². The summed E-state index contributed by atoms with van der Waals surface area (Å²) in [7, 11) is 4.55. The van der Waals surface area contributed by atoms with Crippen LogP contribution in [0, 0.1) is 17.7 Å². The van der Waals surface area contributed by atoms with Gasteiger partial charge in [0.15, 0.2) is 0 Å². The van der Waals surface area contributed by atoms with Crippen molar-refractivity contribution in [2.75, 3.05) is 27.9 Å². The molecule has 1 heterocycles. The van der Waals surface area contributed by atoms with Crippen molar-refractivity contribution in [3.63, 3.8) is 0 Å². The van der Waals surface area contributed by atoms with Gasteiger partial charge in [0.1, 0.15) is 36.6 Å². The summed E-state index contributed by atoms with van der Waals surface area (Å²) in [6.07, 6.45) is 0.257. The molecule has 0 aromatic heterocycles. The van der Waals surface area contributed by atoms with Gasteiger partial charge in [-0.1, -0.05) is 73.7 Å². The van der Waals surface area contributed by atoms with E-state index in [1.807, 2.05) is 24.3 Å². The standard InChI is InChI=1S/C43H45FN2O8/c1-25(41(47)45-36(19-26-11-5-10-16-35(26)44)42(48)53-23-27-17-18-29(50-2)22-39(27)51-3)40(52-4)38-21-28-20-37(28)46(38)43(49)54-24-34-32-14-8-6-12-30(32)31-13-7-9-15-33(31)34/h5-18,22,25,28,34,36-38,40H,19-21,23-24H2,1-4H3,(H,45,47)/t25?,28-,36?,37-,38-,40?/m0/s1. The lowest BCUT2D eigenvalue weighted by Crippen LogP contribution is -2.53. The van der Waals surface area contributed by atoms with E-state index in [4.69, 9.17) is 23.7 Å². The van der Waals surface area contributed by atoms with E-state index in [0.29, 0.717) is 29.4 Å². The van der Waals surface area contributed by atoms with Crippen LogP contribution in [0.5, 0.6) is 11.5 Å². The van der Waals surface area contributed by atoms with Gasteiger partial charge in [-0.25, -0.2) is 14.0 Å². The van der Waals surface area contributed by atoms with E-state index in [2.05, 4.69) is 29.6 Å². The predicted molar refractivity (Wildman–Crippen MR) is 199 cm³/mol. The van der Waals surface area contributed by atoms with E-state index >= 15 is 0 Å². The average molecular weight is 737 g/mol. The summed E-state index contributed by atoms with van der Waals surface area (Å²) in [5.74, 6) is -1.29. The minimum atomic E-state index is -1.21. The van der Waals surface area contributed by atoms with Crippen LogP contribution in [0.25, 0.3) is 11.1 Å². The van der Waals surface area contributed by atoms with Gasteiger partial charge in [-0.05, 0) is 64.8 Å². The third-order valence-electron chi connectivity index (χ3n) is 11.1. The highest BCUT2D eigenvalue weighted by molar-refractivity contribution is 5.86. The number of fused-ring (bicyclic) bond motifs is 4. The third kappa shape index (κ3) is 7.37. The number of hydrogen-bond donors (Lipinski definition) is 1. The van der Waals surface area contributed by atoms with Crippen molar-refractivity contribution in [2.45, 2.75) is 62.9 Å². The molecule has 282 valence electrons. The molecular formula is C43H45FN2O8. The largest absolute Gasteiger partial charge is 0.497 e. The van der Waals surface area contributed by atoms with Gasteiger partial charge < -0.3 is 29.0 Å². The Hall–Kier alpha value is -5.42. The lowest BCUT2D eigenvalue weighted by molar-refractivity contribution is -0.150. The summed E-state index contributed by atoms with van der Waals surface area (Å²) < 4.78 is 43.2. The maximum absolute atomic E-state index is 14.8. The molecule has 0 radical (unpaired) electrons. The van der Waals surface area contributed by atoms with E-state index in [0.717, 1.165) is 28.7 Å². The molecule has 11 heteroatoms. The van der Waals surface area contributed by atoms with Crippen LogP contribution >= 0.6 is 0 Å². The van der Waals surface area contributed by atoms with Crippen LogP contribution in [0.15, 0.2) is 91.0 Å². The SMILES string of the molecule is COc1ccc(COC(=O)C(Cc2ccccc2F)NC(=O)C(C)C(OC)[C@@H]2C[C@@H]3C[C@@H]3N2C(=O)OCC2c3ccccc3-c3ccccc32)c(OC)c1. The van der Waals surface area contributed by atoms with Crippen LogP contribution in [-0.4, -0.2) is 75.0 Å². The number of nitrogens with zero attached hydrogens (tertiary/aromatic N) is 1. The summed E-state index contributed by atoms with van der Waals surface area (Å²) in [5.41, 5.74) is 5.37.